The van der Waals surface area contributed by atoms with Gasteiger partial charge in [0.1, 0.15) is 0 Å². The summed E-state index contributed by atoms with van der Waals surface area (Å²) in [4.78, 5) is 0. The largest absolute Gasteiger partial charge is 0.669 e. The third-order valence-electron chi connectivity index (χ3n) is 3.01. The third kappa shape index (κ3) is 2.66. The summed E-state index contributed by atoms with van der Waals surface area (Å²) in [5, 5.41) is 0. The van der Waals surface area contributed by atoms with Gasteiger partial charge in [0.15, 0.2) is 0 Å². The summed E-state index contributed by atoms with van der Waals surface area (Å²) >= 11 is -0.412. The van der Waals surface area contributed by atoms with Gasteiger partial charge in [0.25, 0.3) is 0 Å². The second kappa shape index (κ2) is 5.69. The molecule has 88 valence electrons. The molecule has 1 heterocycles. The van der Waals surface area contributed by atoms with Crippen LogP contribution in [0.2, 0.25) is 0 Å². The second-order valence-electron chi connectivity index (χ2n) is 4.22. The predicted molar refractivity (Wildman–Crippen MR) is 70.6 cm³/mol. The molecule has 2 aromatic rings. The van der Waals surface area contributed by atoms with Crippen LogP contribution in [0, 0.1) is 6.42 Å². The minimum absolute atomic E-state index is 0.0418. The van der Waals surface area contributed by atoms with Gasteiger partial charge in [-0.15, -0.1) is 0 Å². The highest BCUT2D eigenvalue weighted by Crippen LogP contribution is 2.33. The van der Waals surface area contributed by atoms with E-state index in [0.717, 1.165) is 0 Å². The Morgan fingerprint density at radius 2 is 1.11 bits per heavy atom. The average Bonchev–Trinajstić information content (AvgIpc) is 2.49. The van der Waals surface area contributed by atoms with Crippen molar-refractivity contribution in [1.82, 2.24) is 0 Å². The first-order chi connectivity index (χ1) is 8.93. The van der Waals surface area contributed by atoms with E-state index in [2.05, 4.69) is 30.7 Å². The molecule has 0 aliphatic carbocycles. The Bertz CT molecular complexity index is 441. The highest BCUT2D eigenvalue weighted by atomic mass is 27.2. The minimum atomic E-state index is -0.412. The maximum Gasteiger partial charge on any atom is 0.669 e. The van der Waals surface area contributed by atoms with Crippen LogP contribution < -0.4 is 0 Å². The Morgan fingerprint density at radius 3 is 1.56 bits per heavy atom. The lowest BCUT2D eigenvalue weighted by atomic mass is 9.99. The molecule has 2 unspecified atom stereocenters. The van der Waals surface area contributed by atoms with Gasteiger partial charge in [-0.3, -0.25) is 0 Å². The van der Waals surface area contributed by atoms with E-state index >= 15 is 0 Å². The molecule has 2 radical (unpaired) electrons. The summed E-state index contributed by atoms with van der Waals surface area (Å²) < 4.78 is 11.4. The minimum Gasteiger partial charge on any atom is -0.477 e. The fraction of sp³-hybridized carbons (Fsp3) is 0.133. The van der Waals surface area contributed by atoms with Crippen LogP contribution >= 0.6 is 0 Å². The Balaban J connectivity index is 1.77. The molecule has 2 aromatic carbocycles. The van der Waals surface area contributed by atoms with Gasteiger partial charge < -0.3 is 7.58 Å². The van der Waals surface area contributed by atoms with E-state index in [9.17, 15) is 0 Å². The molecule has 3 heteroatoms. The zero-order valence-electron chi connectivity index (χ0n) is 9.90. The van der Waals surface area contributed by atoms with Crippen LogP contribution in [0.25, 0.3) is 0 Å². The Labute approximate surface area is 114 Å². The van der Waals surface area contributed by atoms with Crippen LogP contribution in [0.5, 0.6) is 0 Å². The van der Waals surface area contributed by atoms with E-state index in [1.54, 1.807) is 0 Å². The van der Waals surface area contributed by atoms with Crippen molar-refractivity contribution < 1.29 is 7.58 Å². The van der Waals surface area contributed by atoms with Crippen molar-refractivity contribution in [2.75, 3.05) is 0 Å². The van der Waals surface area contributed by atoms with Crippen LogP contribution in [0.4, 0.5) is 0 Å². The lowest BCUT2D eigenvalue weighted by Gasteiger charge is -2.30. The van der Waals surface area contributed by atoms with E-state index in [-0.39, 0.29) is 12.2 Å². The summed E-state index contributed by atoms with van der Waals surface area (Å²) in [5.74, 6) is 0. The SMILES string of the molecule is [CH]1C(c2ccccc2)[O][Al][O]C1c1ccccc1. The van der Waals surface area contributed by atoms with Crippen LogP contribution in [0.15, 0.2) is 60.7 Å². The second-order valence-corrected chi connectivity index (χ2v) is 4.96. The summed E-state index contributed by atoms with van der Waals surface area (Å²) in [6, 6.07) is 20.5. The molecule has 2 atom stereocenters. The first kappa shape index (κ1) is 12.0. The fourth-order valence-corrected chi connectivity index (χ4v) is 2.87. The van der Waals surface area contributed by atoms with Gasteiger partial charge >= 0.3 is 15.9 Å². The molecule has 0 saturated carbocycles. The highest BCUT2D eigenvalue weighted by molar-refractivity contribution is 6.18. The van der Waals surface area contributed by atoms with E-state index in [4.69, 9.17) is 7.58 Å². The zero-order chi connectivity index (χ0) is 12.2. The molecular weight excluding hydrogens is 239 g/mol. The van der Waals surface area contributed by atoms with Crippen LogP contribution in [-0.2, 0) is 7.58 Å². The number of benzene rings is 2. The average molecular weight is 252 g/mol. The number of rotatable bonds is 2. The molecule has 1 aliphatic heterocycles. The van der Waals surface area contributed by atoms with Gasteiger partial charge in [-0.05, 0) is 11.1 Å². The molecule has 1 fully saturated rings. The Hall–Kier alpha value is -1.11. The van der Waals surface area contributed by atoms with Gasteiger partial charge in [0, 0.05) is 6.42 Å². The smallest absolute Gasteiger partial charge is 0.477 e. The first-order valence-corrected chi connectivity index (χ1v) is 6.95. The summed E-state index contributed by atoms with van der Waals surface area (Å²) in [7, 11) is 0. The van der Waals surface area contributed by atoms with Gasteiger partial charge in [-0.2, -0.15) is 0 Å². The van der Waals surface area contributed by atoms with E-state index < -0.39 is 15.9 Å². The zero-order valence-corrected chi connectivity index (χ0v) is 11.1. The lowest BCUT2D eigenvalue weighted by Crippen LogP contribution is -2.24. The molecule has 0 spiro atoms. The van der Waals surface area contributed by atoms with Crippen LogP contribution in [-0.4, -0.2) is 15.9 Å². The topological polar surface area (TPSA) is 18.5 Å². The molecule has 0 N–H and O–H groups in total. The van der Waals surface area contributed by atoms with Crippen molar-refractivity contribution in [2.45, 2.75) is 12.2 Å². The van der Waals surface area contributed by atoms with Crippen LogP contribution in [0.3, 0.4) is 0 Å². The van der Waals surface area contributed by atoms with Crippen molar-refractivity contribution in [3.63, 3.8) is 0 Å². The molecule has 0 aromatic heterocycles. The Kier molecular flexibility index (Phi) is 3.78. The standard InChI is InChI=1S/C15H13O2.Al/c16-14(12-7-3-1-4-8-12)11-15(17)13-9-5-2-6-10-13;/h1-11,14-15H;/q-2;+2. The van der Waals surface area contributed by atoms with Crippen LogP contribution in [0.1, 0.15) is 23.3 Å². The maximum absolute atomic E-state index is 5.72. The van der Waals surface area contributed by atoms with Crippen molar-refractivity contribution in [3.05, 3.63) is 78.2 Å². The maximum atomic E-state index is 5.72. The number of hydrogen-bond acceptors (Lipinski definition) is 2. The van der Waals surface area contributed by atoms with Gasteiger partial charge in [0.2, 0.25) is 0 Å². The molecule has 3 rings (SSSR count). The highest BCUT2D eigenvalue weighted by Gasteiger charge is 2.27. The quantitative estimate of drug-likeness (QED) is 0.764. The van der Waals surface area contributed by atoms with Crippen molar-refractivity contribution in [3.8, 4) is 0 Å². The third-order valence-corrected chi connectivity index (χ3v) is 3.82. The van der Waals surface area contributed by atoms with Crippen molar-refractivity contribution in [1.29, 1.82) is 0 Å². The van der Waals surface area contributed by atoms with Crippen molar-refractivity contribution >= 4 is 15.9 Å². The van der Waals surface area contributed by atoms with Gasteiger partial charge in [0.05, 0.1) is 12.2 Å². The van der Waals surface area contributed by atoms with Gasteiger partial charge in [-0.25, -0.2) is 0 Å². The van der Waals surface area contributed by atoms with E-state index in [1.165, 1.54) is 11.1 Å². The summed E-state index contributed by atoms with van der Waals surface area (Å²) in [6.07, 6.45) is 2.21. The van der Waals surface area contributed by atoms with E-state index in [0.29, 0.717) is 0 Å². The summed E-state index contributed by atoms with van der Waals surface area (Å²) in [6.45, 7) is 0. The lowest BCUT2D eigenvalue weighted by molar-refractivity contribution is 0.0818. The molecular formula is C15H13AlO2. The first-order valence-electron chi connectivity index (χ1n) is 6.01. The summed E-state index contributed by atoms with van der Waals surface area (Å²) in [5.41, 5.74) is 2.38. The van der Waals surface area contributed by atoms with E-state index in [1.807, 2.05) is 36.4 Å². The molecule has 1 aliphatic rings. The predicted octanol–water partition coefficient (Wildman–Crippen LogP) is 3.25. The molecule has 0 bridgehead atoms. The number of hydrogen-bond donors (Lipinski definition) is 0. The monoisotopic (exact) mass is 252 g/mol. The molecule has 1 saturated heterocycles. The molecule has 18 heavy (non-hydrogen) atoms. The fourth-order valence-electron chi connectivity index (χ4n) is 2.07. The molecule has 0 amide bonds. The Morgan fingerprint density at radius 1 is 0.667 bits per heavy atom. The van der Waals surface area contributed by atoms with Crippen molar-refractivity contribution in [2.24, 2.45) is 0 Å². The normalized spacial score (nSPS) is 23.3. The van der Waals surface area contributed by atoms with Gasteiger partial charge in [-0.1, -0.05) is 60.7 Å². The molecule has 2 nitrogen and oxygen atoms in total.